The summed E-state index contributed by atoms with van der Waals surface area (Å²) in [4.78, 5) is 13.3. The summed E-state index contributed by atoms with van der Waals surface area (Å²) in [6.45, 7) is 5.19. The van der Waals surface area contributed by atoms with Gasteiger partial charge in [0.05, 0.1) is 6.54 Å². The lowest BCUT2D eigenvalue weighted by Gasteiger charge is -2.29. The minimum Gasteiger partial charge on any atom is -0.398 e. The highest BCUT2D eigenvalue weighted by atomic mass is 16.1. The van der Waals surface area contributed by atoms with E-state index in [0.717, 1.165) is 24.1 Å². The molecule has 0 bridgehead atoms. The molecule has 100 valence electrons. The Bertz CT molecular complexity index is 388. The zero-order valence-corrected chi connectivity index (χ0v) is 11.2. The summed E-state index contributed by atoms with van der Waals surface area (Å²) >= 11 is 0. The van der Waals surface area contributed by atoms with Crippen LogP contribution in [0.4, 0.5) is 5.69 Å². The molecule has 0 aliphatic carbocycles. The predicted molar refractivity (Wildman–Crippen MR) is 74.8 cm³/mol. The number of rotatable bonds is 7. The molecule has 0 heterocycles. The molecule has 0 aliphatic heterocycles. The van der Waals surface area contributed by atoms with E-state index in [9.17, 15) is 4.79 Å². The minimum atomic E-state index is -0.295. The smallest absolute Gasteiger partial charge is 0.231 e. The van der Waals surface area contributed by atoms with Crippen LogP contribution in [-0.4, -0.2) is 23.4 Å². The van der Waals surface area contributed by atoms with Crippen LogP contribution in [0.5, 0.6) is 0 Å². The Morgan fingerprint density at radius 2 is 1.89 bits per heavy atom. The molecule has 0 radical (unpaired) electrons. The first-order chi connectivity index (χ1) is 8.58. The molecule has 0 atom stereocenters. The second-order valence-corrected chi connectivity index (χ2v) is 4.54. The molecule has 4 N–H and O–H groups in total. The number of nitrogen functional groups attached to an aromatic ring is 1. The van der Waals surface area contributed by atoms with Crippen molar-refractivity contribution in [1.29, 1.82) is 0 Å². The Labute approximate surface area is 109 Å². The number of anilines is 1. The first-order valence-electron chi connectivity index (χ1n) is 6.44. The molecule has 0 spiro atoms. The van der Waals surface area contributed by atoms with Crippen molar-refractivity contribution in [1.82, 2.24) is 4.90 Å². The van der Waals surface area contributed by atoms with Crippen LogP contribution in [0.3, 0.4) is 0 Å². The van der Waals surface area contributed by atoms with Crippen LogP contribution < -0.4 is 11.5 Å². The van der Waals surface area contributed by atoms with Gasteiger partial charge in [0.1, 0.15) is 0 Å². The van der Waals surface area contributed by atoms with Gasteiger partial charge in [0.2, 0.25) is 5.91 Å². The molecule has 4 nitrogen and oxygen atoms in total. The van der Waals surface area contributed by atoms with Gasteiger partial charge >= 0.3 is 0 Å². The van der Waals surface area contributed by atoms with Crippen LogP contribution in [0.25, 0.3) is 0 Å². The molecule has 0 fully saturated rings. The molecular formula is C14H23N3O. The number of hydrogen-bond donors (Lipinski definition) is 2. The zero-order chi connectivity index (χ0) is 13.5. The third kappa shape index (κ3) is 4.04. The number of nitrogens with zero attached hydrogens (tertiary/aromatic N) is 1. The summed E-state index contributed by atoms with van der Waals surface area (Å²) in [6.07, 6.45) is 1.99. The van der Waals surface area contributed by atoms with Crippen molar-refractivity contribution in [3.8, 4) is 0 Å². The maximum absolute atomic E-state index is 11.2. The molecule has 1 aromatic carbocycles. The van der Waals surface area contributed by atoms with Crippen molar-refractivity contribution in [2.24, 2.45) is 5.73 Å². The first-order valence-corrected chi connectivity index (χ1v) is 6.44. The summed E-state index contributed by atoms with van der Waals surface area (Å²) in [6, 6.07) is 8.10. The van der Waals surface area contributed by atoms with Crippen molar-refractivity contribution in [2.75, 3.05) is 12.3 Å². The molecule has 1 amide bonds. The molecule has 0 saturated carbocycles. The first kappa shape index (κ1) is 14.5. The van der Waals surface area contributed by atoms with Gasteiger partial charge in [0.25, 0.3) is 0 Å². The third-order valence-corrected chi connectivity index (χ3v) is 3.25. The van der Waals surface area contributed by atoms with Crippen molar-refractivity contribution in [2.45, 2.75) is 39.3 Å². The topological polar surface area (TPSA) is 72.3 Å². The summed E-state index contributed by atoms with van der Waals surface area (Å²) in [7, 11) is 0. The van der Waals surface area contributed by atoms with E-state index in [1.807, 2.05) is 24.3 Å². The highest BCUT2D eigenvalue weighted by Crippen LogP contribution is 2.17. The Kier molecular flexibility index (Phi) is 5.65. The van der Waals surface area contributed by atoms with Crippen LogP contribution in [0.2, 0.25) is 0 Å². The molecule has 4 heteroatoms. The fourth-order valence-electron chi connectivity index (χ4n) is 2.22. The second kappa shape index (κ2) is 7.01. The lowest BCUT2D eigenvalue weighted by Crippen LogP contribution is -2.40. The number of nitrogens with two attached hydrogens (primary N) is 2. The largest absolute Gasteiger partial charge is 0.398 e. The minimum absolute atomic E-state index is 0.278. The number of carbonyl (C=O) groups excluding carboxylic acids is 1. The van der Waals surface area contributed by atoms with E-state index in [2.05, 4.69) is 18.7 Å². The lowest BCUT2D eigenvalue weighted by molar-refractivity contribution is -0.119. The van der Waals surface area contributed by atoms with E-state index in [1.165, 1.54) is 0 Å². The molecule has 1 aromatic rings. The number of hydrogen-bond acceptors (Lipinski definition) is 3. The zero-order valence-electron chi connectivity index (χ0n) is 11.2. The van der Waals surface area contributed by atoms with Crippen LogP contribution in [0.15, 0.2) is 24.3 Å². The number of carbonyl (C=O) groups is 1. The average Bonchev–Trinajstić information content (AvgIpc) is 2.32. The number of benzene rings is 1. The van der Waals surface area contributed by atoms with Crippen molar-refractivity contribution < 1.29 is 4.79 Å². The maximum atomic E-state index is 11.2. The highest BCUT2D eigenvalue weighted by Gasteiger charge is 2.18. The van der Waals surface area contributed by atoms with Crippen molar-refractivity contribution in [3.05, 3.63) is 29.8 Å². The Morgan fingerprint density at radius 3 is 2.39 bits per heavy atom. The molecular weight excluding hydrogens is 226 g/mol. The van der Waals surface area contributed by atoms with Crippen LogP contribution in [-0.2, 0) is 11.3 Å². The fourth-order valence-corrected chi connectivity index (χ4v) is 2.22. The van der Waals surface area contributed by atoms with Gasteiger partial charge in [-0.1, -0.05) is 32.0 Å². The fraction of sp³-hybridized carbons (Fsp3) is 0.500. The van der Waals surface area contributed by atoms with Gasteiger partial charge in [0, 0.05) is 18.3 Å². The average molecular weight is 249 g/mol. The lowest BCUT2D eigenvalue weighted by atomic mass is 10.1. The Hall–Kier alpha value is -1.55. The molecule has 0 unspecified atom stereocenters. The van der Waals surface area contributed by atoms with Gasteiger partial charge in [-0.3, -0.25) is 9.69 Å². The van der Waals surface area contributed by atoms with Crippen LogP contribution in [0, 0.1) is 0 Å². The summed E-state index contributed by atoms with van der Waals surface area (Å²) in [5.74, 6) is -0.295. The van der Waals surface area contributed by atoms with E-state index >= 15 is 0 Å². The SMILES string of the molecule is CCC(CC)N(CC(N)=O)Cc1ccccc1N. The molecule has 0 saturated heterocycles. The summed E-state index contributed by atoms with van der Waals surface area (Å²) in [5, 5.41) is 0. The molecule has 18 heavy (non-hydrogen) atoms. The quantitative estimate of drug-likeness (QED) is 0.723. The monoisotopic (exact) mass is 249 g/mol. The van der Waals surface area contributed by atoms with Gasteiger partial charge in [-0.15, -0.1) is 0 Å². The van der Waals surface area contributed by atoms with E-state index in [0.29, 0.717) is 12.6 Å². The number of primary amides is 1. The second-order valence-electron chi connectivity index (χ2n) is 4.54. The van der Waals surface area contributed by atoms with Gasteiger partial charge in [-0.2, -0.15) is 0 Å². The van der Waals surface area contributed by atoms with Gasteiger partial charge in [0.15, 0.2) is 0 Å². The van der Waals surface area contributed by atoms with E-state index in [1.54, 1.807) is 0 Å². The normalized spacial score (nSPS) is 11.1. The summed E-state index contributed by atoms with van der Waals surface area (Å²) in [5.41, 5.74) is 13.1. The number of amides is 1. The van der Waals surface area contributed by atoms with Crippen molar-refractivity contribution in [3.63, 3.8) is 0 Å². The molecule has 0 aromatic heterocycles. The van der Waals surface area contributed by atoms with Crippen molar-refractivity contribution >= 4 is 11.6 Å². The van der Waals surface area contributed by atoms with E-state index < -0.39 is 0 Å². The predicted octanol–water partition coefficient (Wildman–Crippen LogP) is 1.74. The summed E-state index contributed by atoms with van der Waals surface area (Å²) < 4.78 is 0. The Balaban J connectivity index is 2.84. The van der Waals surface area contributed by atoms with Gasteiger partial charge < -0.3 is 11.5 Å². The molecule has 1 rings (SSSR count). The highest BCUT2D eigenvalue weighted by molar-refractivity contribution is 5.76. The maximum Gasteiger partial charge on any atom is 0.231 e. The Morgan fingerprint density at radius 1 is 1.28 bits per heavy atom. The third-order valence-electron chi connectivity index (χ3n) is 3.25. The standard InChI is InChI=1S/C14H23N3O/c1-3-12(4-2)17(10-14(16)18)9-11-7-5-6-8-13(11)15/h5-8,12H,3-4,9-10,15H2,1-2H3,(H2,16,18). The van der Waals surface area contributed by atoms with E-state index in [4.69, 9.17) is 11.5 Å². The van der Waals surface area contributed by atoms with Gasteiger partial charge in [-0.05, 0) is 24.5 Å². The van der Waals surface area contributed by atoms with Gasteiger partial charge in [-0.25, -0.2) is 0 Å². The van der Waals surface area contributed by atoms with Crippen LogP contribution in [0.1, 0.15) is 32.3 Å². The van der Waals surface area contributed by atoms with Crippen LogP contribution >= 0.6 is 0 Å². The van der Waals surface area contributed by atoms with E-state index in [-0.39, 0.29) is 12.5 Å². The number of para-hydroxylation sites is 1. The molecule has 0 aliphatic rings.